The van der Waals surface area contributed by atoms with Gasteiger partial charge in [0.1, 0.15) is 3.58 Å². The van der Waals surface area contributed by atoms with Gasteiger partial charge in [0.25, 0.3) is 0 Å². The number of carbonyl (C=O) groups excluding carboxylic acids is 1. The van der Waals surface area contributed by atoms with E-state index in [9.17, 15) is 9.59 Å². The minimum Gasteiger partial charge on any atom is -0.477 e. The van der Waals surface area contributed by atoms with Crippen LogP contribution in [0.15, 0.2) is 31.4 Å². The lowest BCUT2D eigenvalue weighted by Gasteiger charge is -2.01. The van der Waals surface area contributed by atoms with Gasteiger partial charge in [-0.05, 0) is 79.9 Å². The first-order valence-corrected chi connectivity index (χ1v) is 7.26. The molecule has 1 aromatic rings. The number of hydrogen-bond donors (Lipinski definition) is 1. The number of halogens is 3. The molecule has 0 fully saturated rings. The van der Waals surface area contributed by atoms with E-state index in [1.807, 2.05) is 6.07 Å². The fraction of sp³-hybridized carbons (Fsp3) is 0. The van der Waals surface area contributed by atoms with Gasteiger partial charge < -0.3 is 5.11 Å². The fourth-order valence-corrected chi connectivity index (χ4v) is 2.28. The average Bonchev–Trinajstić information content (AvgIpc) is 2.26. The standard InChI is InChI=1S/C10H5I3O3/c11-6-3-1-2-5(4-6)9(14)7(12)8(13)10(15)16/h1-4H,(H,15,16). The van der Waals surface area contributed by atoms with Crippen molar-refractivity contribution in [1.82, 2.24) is 0 Å². The lowest BCUT2D eigenvalue weighted by molar-refractivity contribution is -0.131. The Hall–Kier alpha value is 0.290. The number of benzene rings is 1. The van der Waals surface area contributed by atoms with Gasteiger partial charge in [-0.1, -0.05) is 12.1 Å². The van der Waals surface area contributed by atoms with Crippen LogP contribution >= 0.6 is 67.8 Å². The summed E-state index contributed by atoms with van der Waals surface area (Å²) in [5.41, 5.74) is 0.506. The van der Waals surface area contributed by atoms with Crippen LogP contribution in [0.4, 0.5) is 0 Å². The van der Waals surface area contributed by atoms with E-state index >= 15 is 0 Å². The van der Waals surface area contributed by atoms with Gasteiger partial charge in [-0.25, -0.2) is 4.79 Å². The largest absolute Gasteiger partial charge is 0.477 e. The molecule has 0 aliphatic carbocycles. The number of carbonyl (C=O) groups is 2. The molecule has 0 atom stereocenters. The van der Waals surface area contributed by atoms with E-state index in [0.717, 1.165) is 3.57 Å². The molecule has 84 valence electrons. The molecular weight excluding hydrogens is 549 g/mol. The van der Waals surface area contributed by atoms with Crippen LogP contribution in [0.5, 0.6) is 0 Å². The Morgan fingerprint density at radius 2 is 1.75 bits per heavy atom. The van der Waals surface area contributed by atoms with Crippen molar-refractivity contribution in [2.45, 2.75) is 0 Å². The van der Waals surface area contributed by atoms with Crippen LogP contribution < -0.4 is 0 Å². The third-order valence-corrected chi connectivity index (χ3v) is 5.40. The van der Waals surface area contributed by atoms with Crippen LogP contribution in [-0.4, -0.2) is 16.9 Å². The fourth-order valence-electron chi connectivity index (χ4n) is 0.950. The van der Waals surface area contributed by atoms with Crippen molar-refractivity contribution >= 4 is 79.5 Å². The van der Waals surface area contributed by atoms with Crippen LogP contribution in [0.25, 0.3) is 0 Å². The molecule has 0 bridgehead atoms. The highest BCUT2D eigenvalue weighted by molar-refractivity contribution is 14.1. The molecular formula is C10H5I3O3. The van der Waals surface area contributed by atoms with E-state index in [1.165, 1.54) is 0 Å². The predicted octanol–water partition coefficient (Wildman–Crippen LogP) is 3.64. The predicted molar refractivity (Wildman–Crippen MR) is 86.2 cm³/mol. The highest BCUT2D eigenvalue weighted by Gasteiger charge is 2.17. The number of hydrogen-bond acceptors (Lipinski definition) is 2. The second-order valence-corrected chi connectivity index (χ2v) is 6.18. The van der Waals surface area contributed by atoms with Crippen molar-refractivity contribution in [2.75, 3.05) is 0 Å². The summed E-state index contributed by atoms with van der Waals surface area (Å²) in [5.74, 6) is -1.34. The van der Waals surface area contributed by atoms with Gasteiger partial charge in [0.2, 0.25) is 0 Å². The maximum atomic E-state index is 11.9. The molecule has 6 heteroatoms. The monoisotopic (exact) mass is 554 g/mol. The van der Waals surface area contributed by atoms with Crippen LogP contribution in [0.3, 0.4) is 0 Å². The number of carboxylic acid groups (broad SMARTS) is 1. The van der Waals surface area contributed by atoms with Gasteiger partial charge in [-0.3, -0.25) is 4.79 Å². The molecule has 3 nitrogen and oxygen atoms in total. The molecule has 0 aromatic heterocycles. The number of allylic oxidation sites excluding steroid dienone is 1. The summed E-state index contributed by atoms with van der Waals surface area (Å²) in [7, 11) is 0. The zero-order valence-corrected chi connectivity index (χ0v) is 14.2. The molecule has 1 aromatic carbocycles. The van der Waals surface area contributed by atoms with E-state index in [2.05, 4.69) is 22.6 Å². The van der Waals surface area contributed by atoms with Gasteiger partial charge >= 0.3 is 5.97 Å². The van der Waals surface area contributed by atoms with Crippen molar-refractivity contribution in [1.29, 1.82) is 0 Å². The molecule has 0 unspecified atom stereocenters. The first-order valence-electron chi connectivity index (χ1n) is 4.02. The lowest BCUT2D eigenvalue weighted by Crippen LogP contribution is -2.04. The summed E-state index contributed by atoms with van der Waals surface area (Å²) in [6.07, 6.45) is 0. The summed E-state index contributed by atoms with van der Waals surface area (Å²) in [5, 5.41) is 8.78. The van der Waals surface area contributed by atoms with Crippen LogP contribution in [-0.2, 0) is 4.79 Å². The number of carboxylic acids is 1. The highest BCUT2D eigenvalue weighted by atomic mass is 127. The number of Topliss-reactive ketones (excluding diaryl/α,β-unsaturated/α-hetero) is 1. The molecule has 1 N–H and O–H groups in total. The maximum Gasteiger partial charge on any atom is 0.343 e. The molecule has 0 saturated heterocycles. The molecule has 0 spiro atoms. The third-order valence-electron chi connectivity index (χ3n) is 1.67. The summed E-state index contributed by atoms with van der Waals surface area (Å²) >= 11 is 5.53. The van der Waals surface area contributed by atoms with Crippen molar-refractivity contribution in [3.05, 3.63) is 40.6 Å². The number of ketones is 1. The Morgan fingerprint density at radius 1 is 1.12 bits per heavy atom. The van der Waals surface area contributed by atoms with E-state index in [-0.39, 0.29) is 12.9 Å². The molecule has 1 rings (SSSR count). The van der Waals surface area contributed by atoms with E-state index in [1.54, 1.807) is 63.4 Å². The van der Waals surface area contributed by atoms with Crippen LogP contribution in [0.2, 0.25) is 0 Å². The first-order chi connectivity index (χ1) is 7.43. The van der Waals surface area contributed by atoms with Crippen molar-refractivity contribution in [3.63, 3.8) is 0 Å². The smallest absolute Gasteiger partial charge is 0.343 e. The zero-order chi connectivity index (χ0) is 12.3. The minimum absolute atomic E-state index is 0.0436. The van der Waals surface area contributed by atoms with Crippen LogP contribution in [0, 0.1) is 3.57 Å². The molecule has 16 heavy (non-hydrogen) atoms. The Balaban J connectivity index is 3.13. The maximum absolute atomic E-state index is 11.9. The molecule has 0 heterocycles. The minimum atomic E-state index is -1.08. The lowest BCUT2D eigenvalue weighted by atomic mass is 10.1. The van der Waals surface area contributed by atoms with Gasteiger partial charge in [0.15, 0.2) is 5.78 Å². The van der Waals surface area contributed by atoms with Gasteiger partial charge in [0, 0.05) is 9.13 Å². The molecule has 0 aliphatic rings. The second kappa shape index (κ2) is 6.28. The quantitative estimate of drug-likeness (QED) is 0.353. The van der Waals surface area contributed by atoms with E-state index in [0.29, 0.717) is 5.56 Å². The number of aliphatic carboxylic acids is 1. The Bertz CT molecular complexity index is 480. The molecule has 0 radical (unpaired) electrons. The number of rotatable bonds is 3. The topological polar surface area (TPSA) is 54.4 Å². The van der Waals surface area contributed by atoms with Crippen molar-refractivity contribution in [3.8, 4) is 0 Å². The summed E-state index contributed by atoms with van der Waals surface area (Å²) in [6, 6.07) is 7.05. The van der Waals surface area contributed by atoms with E-state index in [4.69, 9.17) is 5.11 Å². The zero-order valence-electron chi connectivity index (χ0n) is 7.71. The van der Waals surface area contributed by atoms with Gasteiger partial charge in [0.05, 0.1) is 3.58 Å². The highest BCUT2D eigenvalue weighted by Crippen LogP contribution is 2.24. The normalized spacial score (nSPS) is 11.9. The van der Waals surface area contributed by atoms with E-state index < -0.39 is 5.97 Å². The van der Waals surface area contributed by atoms with Crippen molar-refractivity contribution in [2.24, 2.45) is 0 Å². The molecule has 0 amide bonds. The van der Waals surface area contributed by atoms with Crippen molar-refractivity contribution < 1.29 is 14.7 Å². The summed E-state index contributed by atoms with van der Waals surface area (Å²) in [4.78, 5) is 22.6. The van der Waals surface area contributed by atoms with Gasteiger partial charge in [-0.15, -0.1) is 0 Å². The summed E-state index contributed by atoms with van der Waals surface area (Å²) in [6.45, 7) is 0. The SMILES string of the molecule is O=C(O)C(I)=C(I)C(=O)c1cccc(I)c1. The first kappa shape index (κ1) is 14.4. The average molecular weight is 554 g/mol. The summed E-state index contributed by atoms with van der Waals surface area (Å²) < 4.78 is 1.22. The Kier molecular flexibility index (Phi) is 5.64. The molecule has 0 saturated carbocycles. The third kappa shape index (κ3) is 3.65. The Morgan fingerprint density at radius 3 is 2.25 bits per heavy atom. The second-order valence-electron chi connectivity index (χ2n) is 2.77. The van der Waals surface area contributed by atoms with Gasteiger partial charge in [-0.2, -0.15) is 0 Å². The van der Waals surface area contributed by atoms with Crippen LogP contribution in [0.1, 0.15) is 10.4 Å². The Labute approximate surface area is 133 Å². The molecule has 0 aliphatic heterocycles.